The number of carbonyl (C=O) groups excluding carboxylic acids is 1. The quantitative estimate of drug-likeness (QED) is 0.327. The average molecular weight is 591 g/mol. The minimum atomic E-state index is -4.00. The summed E-state index contributed by atoms with van der Waals surface area (Å²) in [6, 6.07) is 17.7. The highest BCUT2D eigenvalue weighted by molar-refractivity contribution is 9.10. The molecule has 0 saturated carbocycles. The Morgan fingerprint density at radius 3 is 2.18 bits per heavy atom. The number of sulfonamides is 1. The maximum Gasteiger partial charge on any atom is 0.243 e. The number of hydrogen-bond acceptors (Lipinski definition) is 3. The first-order chi connectivity index (χ1) is 15.6. The van der Waals surface area contributed by atoms with Gasteiger partial charge in [0.25, 0.3) is 0 Å². The molecule has 3 rings (SSSR count). The Bertz CT molecular complexity index is 1240. The molecule has 0 aliphatic carbocycles. The Kier molecular flexibility index (Phi) is 8.83. The molecule has 33 heavy (non-hydrogen) atoms. The third kappa shape index (κ3) is 6.94. The third-order valence-electron chi connectivity index (χ3n) is 4.88. The average Bonchev–Trinajstić information content (AvgIpc) is 2.75. The van der Waals surface area contributed by atoms with Crippen molar-refractivity contribution in [1.29, 1.82) is 0 Å². The molecule has 0 bridgehead atoms. The van der Waals surface area contributed by atoms with E-state index in [-0.39, 0.29) is 17.5 Å². The minimum absolute atomic E-state index is 0.0642. The fourth-order valence-corrected chi connectivity index (χ4v) is 5.34. The fraction of sp³-hybridized carbons (Fsp3) is 0.174. The number of benzene rings is 3. The number of nitrogens with one attached hydrogen (secondary N) is 1. The Balaban J connectivity index is 1.86. The summed E-state index contributed by atoms with van der Waals surface area (Å²) in [6.07, 6.45) is 0. The predicted molar refractivity (Wildman–Crippen MR) is 136 cm³/mol. The van der Waals surface area contributed by atoms with E-state index in [4.69, 9.17) is 34.8 Å². The Hall–Kier alpha value is -1.61. The topological polar surface area (TPSA) is 66.5 Å². The molecule has 10 heteroatoms. The standard InChI is InChI=1S/C23H20BrCl3N2O3S/c1-15(16-2-7-19(25)8-3-16)28-23(30)14-29(13-17-4-9-20(26)12-22(17)27)33(31,32)21-10-5-18(24)6-11-21/h2-12,15H,13-14H2,1H3,(H,28,30)/t15-/m1/s1. The molecule has 0 fully saturated rings. The molecule has 0 spiro atoms. The van der Waals surface area contributed by atoms with Crippen LogP contribution in [-0.2, 0) is 21.4 Å². The van der Waals surface area contributed by atoms with Gasteiger partial charge in [-0.3, -0.25) is 4.79 Å². The third-order valence-corrected chi connectivity index (χ3v) is 8.05. The highest BCUT2D eigenvalue weighted by Crippen LogP contribution is 2.26. The van der Waals surface area contributed by atoms with Crippen LogP contribution in [0.15, 0.2) is 76.1 Å². The number of nitrogens with zero attached hydrogens (tertiary/aromatic N) is 1. The smallest absolute Gasteiger partial charge is 0.243 e. The molecule has 0 aromatic heterocycles. The Morgan fingerprint density at radius 2 is 1.58 bits per heavy atom. The lowest BCUT2D eigenvalue weighted by Gasteiger charge is -2.24. The van der Waals surface area contributed by atoms with E-state index >= 15 is 0 Å². The molecule has 0 aliphatic rings. The molecule has 0 saturated heterocycles. The van der Waals surface area contributed by atoms with Gasteiger partial charge >= 0.3 is 0 Å². The van der Waals surface area contributed by atoms with Gasteiger partial charge in [-0.05, 0) is 66.6 Å². The van der Waals surface area contributed by atoms with E-state index in [1.165, 1.54) is 18.2 Å². The molecule has 5 nitrogen and oxygen atoms in total. The molecule has 0 radical (unpaired) electrons. The largest absolute Gasteiger partial charge is 0.348 e. The van der Waals surface area contributed by atoms with Crippen molar-refractivity contribution < 1.29 is 13.2 Å². The highest BCUT2D eigenvalue weighted by Gasteiger charge is 2.28. The lowest BCUT2D eigenvalue weighted by molar-refractivity contribution is -0.122. The van der Waals surface area contributed by atoms with Crippen LogP contribution in [0.2, 0.25) is 15.1 Å². The Morgan fingerprint density at radius 1 is 0.970 bits per heavy atom. The monoisotopic (exact) mass is 588 g/mol. The number of amides is 1. The van der Waals surface area contributed by atoms with Crippen LogP contribution in [0.1, 0.15) is 24.1 Å². The molecule has 1 atom stereocenters. The van der Waals surface area contributed by atoms with E-state index in [0.717, 1.165) is 14.3 Å². The summed E-state index contributed by atoms with van der Waals surface area (Å²) in [5.41, 5.74) is 1.37. The predicted octanol–water partition coefficient (Wildman–Crippen LogP) is 6.48. The van der Waals surface area contributed by atoms with Crippen LogP contribution in [0.25, 0.3) is 0 Å². The van der Waals surface area contributed by atoms with Crippen molar-refractivity contribution in [3.63, 3.8) is 0 Å². The molecule has 1 amide bonds. The van der Waals surface area contributed by atoms with Crippen molar-refractivity contribution in [2.45, 2.75) is 24.4 Å². The van der Waals surface area contributed by atoms with Crippen molar-refractivity contribution in [2.24, 2.45) is 0 Å². The van der Waals surface area contributed by atoms with Crippen LogP contribution in [0.4, 0.5) is 0 Å². The summed E-state index contributed by atoms with van der Waals surface area (Å²) >= 11 is 21.5. The number of carbonyl (C=O) groups is 1. The molecular formula is C23H20BrCl3N2O3S. The van der Waals surface area contributed by atoms with E-state index in [0.29, 0.717) is 20.6 Å². The maximum absolute atomic E-state index is 13.4. The number of rotatable bonds is 8. The van der Waals surface area contributed by atoms with Crippen LogP contribution >= 0.6 is 50.7 Å². The second kappa shape index (κ2) is 11.2. The number of halogens is 4. The number of hydrogen-bond donors (Lipinski definition) is 1. The Labute approximate surface area is 216 Å². The maximum atomic E-state index is 13.4. The zero-order valence-electron chi connectivity index (χ0n) is 17.4. The summed E-state index contributed by atoms with van der Waals surface area (Å²) in [4.78, 5) is 12.9. The molecule has 1 N–H and O–H groups in total. The first-order valence-corrected chi connectivity index (χ1v) is 13.2. The van der Waals surface area contributed by atoms with E-state index in [1.54, 1.807) is 48.5 Å². The van der Waals surface area contributed by atoms with Gasteiger partial charge in [-0.25, -0.2) is 8.42 Å². The van der Waals surface area contributed by atoms with Gasteiger partial charge in [-0.2, -0.15) is 4.31 Å². The van der Waals surface area contributed by atoms with Gasteiger partial charge in [0, 0.05) is 26.1 Å². The fourth-order valence-electron chi connectivity index (χ4n) is 3.10. The van der Waals surface area contributed by atoms with Gasteiger partial charge in [0.15, 0.2) is 0 Å². The zero-order chi connectivity index (χ0) is 24.2. The minimum Gasteiger partial charge on any atom is -0.348 e. The van der Waals surface area contributed by atoms with Crippen molar-refractivity contribution in [3.8, 4) is 0 Å². The van der Waals surface area contributed by atoms with Crippen LogP contribution < -0.4 is 5.32 Å². The molecule has 3 aromatic rings. The van der Waals surface area contributed by atoms with Crippen LogP contribution in [0, 0.1) is 0 Å². The van der Waals surface area contributed by atoms with Gasteiger partial charge in [-0.15, -0.1) is 0 Å². The summed E-state index contributed by atoms with van der Waals surface area (Å²) < 4.78 is 28.6. The lowest BCUT2D eigenvalue weighted by Crippen LogP contribution is -2.41. The molecular weight excluding hydrogens is 571 g/mol. The van der Waals surface area contributed by atoms with E-state index in [1.807, 2.05) is 6.92 Å². The van der Waals surface area contributed by atoms with Crippen molar-refractivity contribution >= 4 is 66.7 Å². The molecule has 0 heterocycles. The molecule has 3 aromatic carbocycles. The van der Waals surface area contributed by atoms with E-state index in [9.17, 15) is 13.2 Å². The second-order valence-electron chi connectivity index (χ2n) is 7.30. The van der Waals surface area contributed by atoms with Crippen molar-refractivity contribution in [2.75, 3.05) is 6.54 Å². The first kappa shape index (κ1) is 26.0. The highest BCUT2D eigenvalue weighted by atomic mass is 79.9. The summed E-state index contributed by atoms with van der Waals surface area (Å²) in [5.74, 6) is -0.455. The molecule has 0 aliphatic heterocycles. The van der Waals surface area contributed by atoms with E-state index in [2.05, 4.69) is 21.2 Å². The molecule has 0 unspecified atom stereocenters. The lowest BCUT2D eigenvalue weighted by atomic mass is 10.1. The van der Waals surface area contributed by atoms with Crippen LogP contribution in [-0.4, -0.2) is 25.2 Å². The van der Waals surface area contributed by atoms with Crippen molar-refractivity contribution in [1.82, 2.24) is 9.62 Å². The SMILES string of the molecule is C[C@@H](NC(=O)CN(Cc1ccc(Cl)cc1Cl)S(=O)(=O)c1ccc(Br)cc1)c1ccc(Cl)cc1. The normalized spacial score (nSPS) is 12.5. The van der Waals surface area contributed by atoms with E-state index < -0.39 is 22.5 Å². The summed E-state index contributed by atoms with van der Waals surface area (Å²) in [5, 5.41) is 4.17. The van der Waals surface area contributed by atoms with Crippen LogP contribution in [0.5, 0.6) is 0 Å². The second-order valence-corrected chi connectivity index (χ2v) is 11.4. The van der Waals surface area contributed by atoms with Crippen molar-refractivity contribution in [3.05, 3.63) is 97.4 Å². The first-order valence-electron chi connectivity index (χ1n) is 9.81. The summed E-state index contributed by atoms with van der Waals surface area (Å²) in [6.45, 7) is 1.32. The van der Waals surface area contributed by atoms with Gasteiger partial charge in [0.2, 0.25) is 15.9 Å². The molecule has 174 valence electrons. The van der Waals surface area contributed by atoms with Gasteiger partial charge in [-0.1, -0.05) is 68.9 Å². The summed E-state index contributed by atoms with van der Waals surface area (Å²) in [7, 11) is -4.00. The van der Waals surface area contributed by atoms with Gasteiger partial charge in [0.05, 0.1) is 17.5 Å². The van der Waals surface area contributed by atoms with Gasteiger partial charge < -0.3 is 5.32 Å². The van der Waals surface area contributed by atoms with Gasteiger partial charge in [0.1, 0.15) is 0 Å². The van der Waals surface area contributed by atoms with Crippen LogP contribution in [0.3, 0.4) is 0 Å². The zero-order valence-corrected chi connectivity index (χ0v) is 22.1.